The number of likely N-dealkylation sites (N-methyl/N-ethyl adjacent to an activating group) is 2. The van der Waals surface area contributed by atoms with Gasteiger partial charge >= 0.3 is 0 Å². The molecule has 23 heavy (non-hydrogen) atoms. The van der Waals surface area contributed by atoms with E-state index in [0.717, 1.165) is 19.3 Å². The topological polar surface area (TPSA) is 59.1 Å². The molecule has 0 aromatic heterocycles. The Morgan fingerprint density at radius 2 is 1.57 bits per heavy atom. The first-order chi connectivity index (χ1) is 10.7. The molecular formula is C16H26N2O4S. The lowest BCUT2D eigenvalue weighted by Gasteiger charge is -2.48. The zero-order chi connectivity index (χ0) is 17.3. The fourth-order valence-electron chi connectivity index (χ4n) is 2.94. The van der Waals surface area contributed by atoms with Crippen LogP contribution in [0.5, 0.6) is 11.5 Å². The van der Waals surface area contributed by atoms with Crippen molar-refractivity contribution in [3.8, 4) is 11.5 Å². The van der Waals surface area contributed by atoms with Gasteiger partial charge in [0.15, 0.2) is 0 Å². The average Bonchev–Trinajstić information content (AvgIpc) is 2.49. The third-order valence-corrected chi connectivity index (χ3v) is 6.56. The molecule has 0 amide bonds. The van der Waals surface area contributed by atoms with Crippen molar-refractivity contribution in [3.05, 3.63) is 18.2 Å². The summed E-state index contributed by atoms with van der Waals surface area (Å²) in [5.74, 6) is 0.921. The molecule has 1 saturated carbocycles. The molecule has 0 heterocycles. The second-order valence-corrected chi connectivity index (χ2v) is 8.33. The maximum atomic E-state index is 12.9. The summed E-state index contributed by atoms with van der Waals surface area (Å²) in [6.45, 7) is 0.474. The van der Waals surface area contributed by atoms with Gasteiger partial charge in [-0.15, -0.1) is 0 Å². The van der Waals surface area contributed by atoms with Crippen LogP contribution in [-0.4, -0.2) is 65.1 Å². The number of benzene rings is 1. The predicted octanol–water partition coefficient (Wildman–Crippen LogP) is 1.81. The van der Waals surface area contributed by atoms with Crippen LogP contribution in [-0.2, 0) is 10.0 Å². The molecule has 2 rings (SSSR count). The first kappa shape index (κ1) is 18.0. The Hall–Kier alpha value is -1.31. The molecule has 1 aromatic carbocycles. The van der Waals surface area contributed by atoms with Crippen molar-refractivity contribution in [3.63, 3.8) is 0 Å². The second kappa shape index (κ2) is 6.67. The molecule has 0 aliphatic heterocycles. The number of hydrogen-bond acceptors (Lipinski definition) is 5. The Kier molecular flexibility index (Phi) is 5.23. The molecule has 1 aliphatic carbocycles. The minimum atomic E-state index is -3.60. The van der Waals surface area contributed by atoms with E-state index in [9.17, 15) is 8.42 Å². The van der Waals surface area contributed by atoms with Gasteiger partial charge in [-0.2, -0.15) is 4.31 Å². The van der Waals surface area contributed by atoms with Crippen LogP contribution >= 0.6 is 0 Å². The van der Waals surface area contributed by atoms with Crippen LogP contribution in [0.25, 0.3) is 0 Å². The van der Waals surface area contributed by atoms with Gasteiger partial charge in [0.1, 0.15) is 11.5 Å². The third-order valence-electron chi connectivity index (χ3n) is 4.78. The highest BCUT2D eigenvalue weighted by molar-refractivity contribution is 7.89. The molecule has 0 bridgehead atoms. The molecule has 0 saturated heterocycles. The van der Waals surface area contributed by atoms with E-state index in [0.29, 0.717) is 18.0 Å². The maximum Gasteiger partial charge on any atom is 0.243 e. The lowest BCUT2D eigenvalue weighted by atomic mass is 9.75. The summed E-state index contributed by atoms with van der Waals surface area (Å²) in [5.41, 5.74) is -0.0647. The Balaban J connectivity index is 2.30. The third kappa shape index (κ3) is 3.46. The zero-order valence-corrected chi connectivity index (χ0v) is 15.3. The van der Waals surface area contributed by atoms with Gasteiger partial charge in [0.05, 0.1) is 19.1 Å². The van der Waals surface area contributed by atoms with Crippen molar-refractivity contribution >= 4 is 10.0 Å². The molecule has 0 spiro atoms. The number of rotatable bonds is 7. The van der Waals surface area contributed by atoms with Crippen LogP contribution in [0, 0.1) is 0 Å². The van der Waals surface area contributed by atoms with E-state index in [1.807, 2.05) is 14.1 Å². The molecule has 1 fully saturated rings. The Bertz CT molecular complexity index is 632. The molecule has 0 unspecified atom stereocenters. The number of sulfonamides is 1. The van der Waals surface area contributed by atoms with E-state index in [2.05, 4.69) is 4.90 Å². The van der Waals surface area contributed by atoms with Crippen molar-refractivity contribution in [2.75, 3.05) is 41.9 Å². The molecule has 1 aliphatic rings. The predicted molar refractivity (Wildman–Crippen MR) is 89.6 cm³/mol. The minimum absolute atomic E-state index is 0.0647. The van der Waals surface area contributed by atoms with Gasteiger partial charge in [-0.05, 0) is 33.4 Å². The quantitative estimate of drug-likeness (QED) is 0.756. The van der Waals surface area contributed by atoms with Crippen LogP contribution in [0.4, 0.5) is 0 Å². The van der Waals surface area contributed by atoms with Crippen LogP contribution < -0.4 is 9.47 Å². The summed E-state index contributed by atoms with van der Waals surface area (Å²) in [5, 5.41) is 0. The highest BCUT2D eigenvalue weighted by atomic mass is 32.2. The van der Waals surface area contributed by atoms with Gasteiger partial charge in [-0.1, -0.05) is 0 Å². The molecule has 7 heteroatoms. The molecule has 0 atom stereocenters. The standard InChI is InChI=1S/C16H26N2O4S/c1-17(2)16(7-6-8-16)12-18(3)23(19,20)15-10-13(21-4)9-14(11-15)22-5/h9-11H,6-8,12H2,1-5H3. The summed E-state index contributed by atoms with van der Waals surface area (Å²) in [6, 6.07) is 4.71. The van der Waals surface area contributed by atoms with Crippen molar-refractivity contribution < 1.29 is 17.9 Å². The molecule has 1 aromatic rings. The van der Waals surface area contributed by atoms with Gasteiger partial charge in [0, 0.05) is 37.3 Å². The summed E-state index contributed by atoms with van der Waals surface area (Å²) >= 11 is 0. The van der Waals surface area contributed by atoms with Crippen molar-refractivity contribution in [1.82, 2.24) is 9.21 Å². The van der Waals surface area contributed by atoms with Crippen LogP contribution in [0.2, 0.25) is 0 Å². The van der Waals surface area contributed by atoms with E-state index in [1.165, 1.54) is 30.7 Å². The lowest BCUT2D eigenvalue weighted by Crippen LogP contribution is -2.57. The highest BCUT2D eigenvalue weighted by Gasteiger charge is 2.42. The number of methoxy groups -OCH3 is 2. The van der Waals surface area contributed by atoms with Gasteiger partial charge in [-0.3, -0.25) is 0 Å². The molecular weight excluding hydrogens is 316 g/mol. The molecule has 6 nitrogen and oxygen atoms in total. The van der Waals surface area contributed by atoms with Gasteiger partial charge in [0.2, 0.25) is 10.0 Å². The van der Waals surface area contributed by atoms with Crippen LogP contribution in [0.1, 0.15) is 19.3 Å². The Morgan fingerprint density at radius 3 is 1.91 bits per heavy atom. The van der Waals surface area contributed by atoms with Crippen LogP contribution in [0.3, 0.4) is 0 Å². The first-order valence-electron chi connectivity index (χ1n) is 7.62. The number of hydrogen-bond donors (Lipinski definition) is 0. The van der Waals surface area contributed by atoms with Gasteiger partial charge in [0.25, 0.3) is 0 Å². The summed E-state index contributed by atoms with van der Waals surface area (Å²) < 4.78 is 37.6. The summed E-state index contributed by atoms with van der Waals surface area (Å²) in [4.78, 5) is 2.32. The van der Waals surface area contributed by atoms with E-state index in [1.54, 1.807) is 13.1 Å². The molecule has 0 radical (unpaired) electrons. The van der Waals surface area contributed by atoms with E-state index in [4.69, 9.17) is 9.47 Å². The highest BCUT2D eigenvalue weighted by Crippen LogP contribution is 2.38. The first-order valence-corrected chi connectivity index (χ1v) is 9.06. The van der Waals surface area contributed by atoms with Crippen molar-refractivity contribution in [2.45, 2.75) is 29.7 Å². The number of nitrogens with zero attached hydrogens (tertiary/aromatic N) is 2. The summed E-state index contributed by atoms with van der Waals surface area (Å²) in [7, 11) is 5.05. The van der Waals surface area contributed by atoms with Gasteiger partial charge in [-0.25, -0.2) is 8.42 Å². The van der Waals surface area contributed by atoms with Gasteiger partial charge < -0.3 is 14.4 Å². The van der Waals surface area contributed by atoms with Crippen molar-refractivity contribution in [1.29, 1.82) is 0 Å². The van der Waals surface area contributed by atoms with Crippen LogP contribution in [0.15, 0.2) is 23.1 Å². The van der Waals surface area contributed by atoms with E-state index in [-0.39, 0.29) is 10.4 Å². The second-order valence-electron chi connectivity index (χ2n) is 6.28. The maximum absolute atomic E-state index is 12.9. The number of ether oxygens (including phenoxy) is 2. The smallest absolute Gasteiger partial charge is 0.243 e. The molecule has 0 N–H and O–H groups in total. The average molecular weight is 342 g/mol. The van der Waals surface area contributed by atoms with E-state index < -0.39 is 10.0 Å². The Labute approximate surface area is 139 Å². The minimum Gasteiger partial charge on any atom is -0.497 e. The normalized spacial score (nSPS) is 17.2. The summed E-state index contributed by atoms with van der Waals surface area (Å²) in [6.07, 6.45) is 3.17. The van der Waals surface area contributed by atoms with E-state index >= 15 is 0 Å². The monoisotopic (exact) mass is 342 g/mol. The molecule has 130 valence electrons. The lowest BCUT2D eigenvalue weighted by molar-refractivity contribution is 0.0455. The fourth-order valence-corrected chi connectivity index (χ4v) is 4.24. The Morgan fingerprint density at radius 1 is 1.04 bits per heavy atom. The zero-order valence-electron chi connectivity index (χ0n) is 14.5. The fraction of sp³-hybridized carbons (Fsp3) is 0.625. The largest absolute Gasteiger partial charge is 0.497 e. The van der Waals surface area contributed by atoms with Crippen molar-refractivity contribution in [2.24, 2.45) is 0 Å². The SMILES string of the molecule is COc1cc(OC)cc(S(=O)(=O)N(C)CC2(N(C)C)CCC2)c1.